The van der Waals surface area contributed by atoms with Crippen LogP contribution in [0.2, 0.25) is 5.02 Å². The highest BCUT2D eigenvalue weighted by Gasteiger charge is 2.21. The number of sulfone groups is 1. The van der Waals surface area contributed by atoms with E-state index >= 15 is 0 Å². The van der Waals surface area contributed by atoms with Crippen LogP contribution in [0.25, 0.3) is 0 Å². The number of aromatic nitrogens is 1. The number of rotatable bonds is 4. The fraction of sp³-hybridized carbons (Fsp3) is 0.643. The molecule has 2 rings (SSSR count). The number of nitrogens with one attached hydrogen (secondary N) is 1. The van der Waals surface area contributed by atoms with Crippen molar-refractivity contribution in [3.05, 3.63) is 22.8 Å². The largest absolute Gasteiger partial charge is 0.354 e. The normalized spacial score (nSPS) is 18.8. The van der Waals surface area contributed by atoms with E-state index in [4.69, 9.17) is 11.6 Å². The number of anilines is 1. The molecule has 0 spiro atoms. The quantitative estimate of drug-likeness (QED) is 0.912. The van der Waals surface area contributed by atoms with E-state index < -0.39 is 9.84 Å². The van der Waals surface area contributed by atoms with Crippen LogP contribution in [0.5, 0.6) is 0 Å². The van der Waals surface area contributed by atoms with Gasteiger partial charge in [0.25, 0.3) is 0 Å². The molecule has 1 aliphatic heterocycles. The Balaban J connectivity index is 2.09. The molecule has 1 saturated heterocycles. The second-order valence-electron chi connectivity index (χ2n) is 5.68. The van der Waals surface area contributed by atoms with E-state index in [1.54, 1.807) is 6.20 Å². The Bertz CT molecular complexity index is 590. The summed E-state index contributed by atoms with van der Waals surface area (Å²) in [7, 11) is -2.92. The van der Waals surface area contributed by atoms with Crippen molar-refractivity contribution in [3.63, 3.8) is 0 Å². The molecule has 0 aromatic carbocycles. The molecule has 118 valence electrons. The molecule has 1 N–H and O–H groups in total. The van der Waals surface area contributed by atoms with Crippen LogP contribution in [0, 0.1) is 0 Å². The number of hydrogen-bond donors (Lipinski definition) is 1. The number of hydrogen-bond acceptors (Lipinski definition) is 5. The first-order valence-corrected chi connectivity index (χ1v) is 9.40. The lowest BCUT2D eigenvalue weighted by Crippen LogP contribution is -2.28. The van der Waals surface area contributed by atoms with Gasteiger partial charge >= 0.3 is 0 Å². The highest BCUT2D eigenvalue weighted by atomic mass is 35.5. The van der Waals surface area contributed by atoms with Crippen LogP contribution in [0.3, 0.4) is 0 Å². The summed E-state index contributed by atoms with van der Waals surface area (Å²) in [5.41, 5.74) is 1.03. The fourth-order valence-corrected chi connectivity index (χ4v) is 3.85. The monoisotopic (exact) mass is 331 g/mol. The topological polar surface area (TPSA) is 62.3 Å². The minimum Gasteiger partial charge on any atom is -0.354 e. The van der Waals surface area contributed by atoms with Crippen molar-refractivity contribution in [2.45, 2.75) is 32.9 Å². The van der Waals surface area contributed by atoms with Crippen LogP contribution < -0.4 is 10.2 Å². The van der Waals surface area contributed by atoms with E-state index in [1.807, 2.05) is 11.0 Å². The summed E-state index contributed by atoms with van der Waals surface area (Å²) in [4.78, 5) is 6.39. The first kappa shape index (κ1) is 16.5. The van der Waals surface area contributed by atoms with Crippen LogP contribution in [0.1, 0.15) is 25.8 Å². The van der Waals surface area contributed by atoms with Gasteiger partial charge in [0, 0.05) is 31.9 Å². The van der Waals surface area contributed by atoms with Gasteiger partial charge in [-0.25, -0.2) is 13.4 Å². The van der Waals surface area contributed by atoms with Gasteiger partial charge in [-0.1, -0.05) is 25.4 Å². The molecule has 1 fully saturated rings. The zero-order valence-electron chi connectivity index (χ0n) is 12.5. The van der Waals surface area contributed by atoms with Crippen LogP contribution in [0.4, 0.5) is 5.82 Å². The van der Waals surface area contributed by atoms with Crippen molar-refractivity contribution in [1.82, 2.24) is 10.3 Å². The Morgan fingerprint density at radius 1 is 1.38 bits per heavy atom. The molecule has 0 bridgehead atoms. The van der Waals surface area contributed by atoms with Crippen molar-refractivity contribution in [3.8, 4) is 0 Å². The smallest absolute Gasteiger partial charge is 0.152 e. The third kappa shape index (κ3) is 4.83. The number of halogens is 1. The van der Waals surface area contributed by atoms with Gasteiger partial charge in [0.1, 0.15) is 5.82 Å². The maximum atomic E-state index is 11.6. The molecule has 0 unspecified atom stereocenters. The van der Waals surface area contributed by atoms with Crippen molar-refractivity contribution in [1.29, 1.82) is 0 Å². The lowest BCUT2D eigenvalue weighted by Gasteiger charge is -2.22. The van der Waals surface area contributed by atoms with Crippen molar-refractivity contribution < 1.29 is 8.42 Å². The molecule has 0 aliphatic carbocycles. The molecular formula is C14H22ClN3O2S. The van der Waals surface area contributed by atoms with Gasteiger partial charge in [0.05, 0.1) is 16.5 Å². The molecule has 0 amide bonds. The van der Waals surface area contributed by atoms with E-state index in [9.17, 15) is 8.42 Å². The second kappa shape index (κ2) is 6.94. The lowest BCUT2D eigenvalue weighted by molar-refractivity contribution is 0.588. The zero-order chi connectivity index (χ0) is 15.5. The van der Waals surface area contributed by atoms with E-state index in [0.29, 0.717) is 36.4 Å². The highest BCUT2D eigenvalue weighted by Crippen LogP contribution is 2.25. The Hall–Kier alpha value is -0.850. The van der Waals surface area contributed by atoms with E-state index in [2.05, 4.69) is 24.1 Å². The molecule has 0 radical (unpaired) electrons. The molecule has 0 saturated carbocycles. The summed E-state index contributed by atoms with van der Waals surface area (Å²) < 4.78 is 23.3. The molecule has 7 heteroatoms. The van der Waals surface area contributed by atoms with Gasteiger partial charge in [0.15, 0.2) is 9.84 Å². The first-order chi connectivity index (χ1) is 9.87. The zero-order valence-corrected chi connectivity index (χ0v) is 14.0. The van der Waals surface area contributed by atoms with Crippen LogP contribution in [-0.4, -0.2) is 44.0 Å². The second-order valence-corrected chi connectivity index (χ2v) is 8.39. The molecule has 1 aliphatic rings. The van der Waals surface area contributed by atoms with Gasteiger partial charge in [0.2, 0.25) is 0 Å². The Morgan fingerprint density at radius 2 is 2.14 bits per heavy atom. The van der Waals surface area contributed by atoms with Crippen LogP contribution >= 0.6 is 11.6 Å². The summed E-state index contributed by atoms with van der Waals surface area (Å²) >= 11 is 6.32. The fourth-order valence-electron chi connectivity index (χ4n) is 2.27. The summed E-state index contributed by atoms with van der Waals surface area (Å²) in [5, 5.41) is 3.90. The van der Waals surface area contributed by atoms with Gasteiger partial charge in [-0.05, 0) is 18.1 Å². The van der Waals surface area contributed by atoms with E-state index in [-0.39, 0.29) is 11.5 Å². The Kier molecular flexibility index (Phi) is 5.46. The molecular weight excluding hydrogens is 310 g/mol. The van der Waals surface area contributed by atoms with Gasteiger partial charge in [-0.3, -0.25) is 0 Å². The third-order valence-electron chi connectivity index (χ3n) is 3.45. The molecule has 1 aromatic heterocycles. The standard InChI is InChI=1S/C14H22ClN3O2S/c1-11(2)16-9-12-8-13(15)14(17-10-12)18-4-3-6-21(19,20)7-5-18/h8,10-11,16H,3-7,9H2,1-2H3. The van der Waals surface area contributed by atoms with Crippen molar-refractivity contribution in [2.24, 2.45) is 0 Å². The van der Waals surface area contributed by atoms with E-state index in [1.165, 1.54) is 0 Å². The number of pyridine rings is 1. The maximum absolute atomic E-state index is 11.6. The molecule has 1 aromatic rings. The summed E-state index contributed by atoms with van der Waals surface area (Å²) in [6.45, 7) is 6.02. The predicted molar refractivity (Wildman–Crippen MR) is 86.7 cm³/mol. The highest BCUT2D eigenvalue weighted by molar-refractivity contribution is 7.91. The Labute approximate surface area is 131 Å². The van der Waals surface area contributed by atoms with Crippen LogP contribution in [-0.2, 0) is 16.4 Å². The van der Waals surface area contributed by atoms with Gasteiger partial charge in [-0.2, -0.15) is 0 Å². The van der Waals surface area contributed by atoms with E-state index in [0.717, 1.165) is 12.1 Å². The molecule has 2 heterocycles. The third-order valence-corrected chi connectivity index (χ3v) is 5.44. The van der Waals surface area contributed by atoms with Crippen LogP contribution in [0.15, 0.2) is 12.3 Å². The predicted octanol–water partition coefficient (Wildman–Crippen LogP) is 1.86. The number of nitrogens with zero attached hydrogens (tertiary/aromatic N) is 2. The summed E-state index contributed by atoms with van der Waals surface area (Å²) in [6, 6.07) is 2.30. The van der Waals surface area contributed by atoms with Gasteiger partial charge < -0.3 is 10.2 Å². The van der Waals surface area contributed by atoms with Crippen molar-refractivity contribution >= 4 is 27.3 Å². The average Bonchev–Trinajstić information content (AvgIpc) is 2.58. The minimum absolute atomic E-state index is 0.168. The SMILES string of the molecule is CC(C)NCc1cnc(N2CCCS(=O)(=O)CC2)c(Cl)c1. The maximum Gasteiger partial charge on any atom is 0.152 e. The molecule has 5 nitrogen and oxygen atoms in total. The molecule has 21 heavy (non-hydrogen) atoms. The average molecular weight is 332 g/mol. The van der Waals surface area contributed by atoms with Crippen molar-refractivity contribution in [2.75, 3.05) is 29.5 Å². The Morgan fingerprint density at radius 3 is 2.81 bits per heavy atom. The molecule has 0 atom stereocenters. The minimum atomic E-state index is -2.92. The van der Waals surface area contributed by atoms with Gasteiger partial charge in [-0.15, -0.1) is 0 Å². The first-order valence-electron chi connectivity index (χ1n) is 7.20. The summed E-state index contributed by atoms with van der Waals surface area (Å²) in [5.74, 6) is 1.10. The summed E-state index contributed by atoms with van der Waals surface area (Å²) in [6.07, 6.45) is 2.42. The lowest BCUT2D eigenvalue weighted by atomic mass is 10.2.